The third-order valence-electron chi connectivity index (χ3n) is 2.82. The first kappa shape index (κ1) is 14.2. The fourth-order valence-corrected chi connectivity index (χ4v) is 2.25. The van der Waals surface area contributed by atoms with E-state index in [0.29, 0.717) is 15.8 Å². The first-order valence-corrected chi connectivity index (χ1v) is 6.83. The standard InChI is InChI=1S/C15H15Cl2NO/c1-2-15(18)10-3-5-13(6-4-10)19-14-8-11(16)7-12(17)9-14/h3-9,15H,2,18H2,1H3/t15-/m0/s1. The Morgan fingerprint density at radius 3 is 2.11 bits per heavy atom. The first-order chi connectivity index (χ1) is 9.08. The van der Waals surface area contributed by atoms with Crippen LogP contribution in [0.25, 0.3) is 0 Å². The van der Waals surface area contributed by atoms with Gasteiger partial charge in [0.1, 0.15) is 11.5 Å². The van der Waals surface area contributed by atoms with Crippen LogP contribution >= 0.6 is 23.2 Å². The van der Waals surface area contributed by atoms with Gasteiger partial charge in [0.25, 0.3) is 0 Å². The fourth-order valence-electron chi connectivity index (χ4n) is 1.74. The quantitative estimate of drug-likeness (QED) is 0.842. The Kier molecular flexibility index (Phi) is 4.70. The van der Waals surface area contributed by atoms with Crippen LogP contribution in [-0.4, -0.2) is 0 Å². The van der Waals surface area contributed by atoms with Gasteiger partial charge in [0, 0.05) is 16.1 Å². The lowest BCUT2D eigenvalue weighted by molar-refractivity contribution is 0.482. The third kappa shape index (κ3) is 3.87. The largest absolute Gasteiger partial charge is 0.457 e. The lowest BCUT2D eigenvalue weighted by Gasteiger charge is -2.11. The summed E-state index contributed by atoms with van der Waals surface area (Å²) in [6.45, 7) is 2.06. The van der Waals surface area contributed by atoms with E-state index in [1.54, 1.807) is 18.2 Å². The van der Waals surface area contributed by atoms with Crippen molar-refractivity contribution in [3.63, 3.8) is 0 Å². The van der Waals surface area contributed by atoms with E-state index in [1.807, 2.05) is 24.3 Å². The van der Waals surface area contributed by atoms with Crippen molar-refractivity contribution < 1.29 is 4.74 Å². The highest BCUT2D eigenvalue weighted by atomic mass is 35.5. The summed E-state index contributed by atoms with van der Waals surface area (Å²) in [6.07, 6.45) is 0.907. The summed E-state index contributed by atoms with van der Waals surface area (Å²) in [5, 5.41) is 1.10. The maximum atomic E-state index is 5.96. The van der Waals surface area contributed by atoms with Gasteiger partial charge in [-0.2, -0.15) is 0 Å². The van der Waals surface area contributed by atoms with Crippen LogP contribution in [0.3, 0.4) is 0 Å². The van der Waals surface area contributed by atoms with Crippen LogP contribution in [0.15, 0.2) is 42.5 Å². The molecule has 100 valence electrons. The smallest absolute Gasteiger partial charge is 0.130 e. The monoisotopic (exact) mass is 295 g/mol. The molecule has 0 aliphatic rings. The van der Waals surface area contributed by atoms with Gasteiger partial charge in [0.05, 0.1) is 0 Å². The van der Waals surface area contributed by atoms with Crippen molar-refractivity contribution in [3.05, 3.63) is 58.1 Å². The summed E-state index contributed by atoms with van der Waals surface area (Å²) in [5.74, 6) is 1.34. The van der Waals surface area contributed by atoms with Crippen molar-refractivity contribution in [3.8, 4) is 11.5 Å². The fraction of sp³-hybridized carbons (Fsp3) is 0.200. The Morgan fingerprint density at radius 1 is 1.00 bits per heavy atom. The van der Waals surface area contributed by atoms with Crippen LogP contribution in [0, 0.1) is 0 Å². The van der Waals surface area contributed by atoms with Gasteiger partial charge < -0.3 is 10.5 Å². The van der Waals surface area contributed by atoms with Crippen molar-refractivity contribution >= 4 is 23.2 Å². The molecule has 0 heterocycles. The van der Waals surface area contributed by atoms with Crippen LogP contribution in [-0.2, 0) is 0 Å². The lowest BCUT2D eigenvalue weighted by atomic mass is 10.1. The van der Waals surface area contributed by atoms with E-state index in [0.717, 1.165) is 17.7 Å². The van der Waals surface area contributed by atoms with E-state index >= 15 is 0 Å². The van der Waals surface area contributed by atoms with Gasteiger partial charge in [0.2, 0.25) is 0 Å². The van der Waals surface area contributed by atoms with Gasteiger partial charge >= 0.3 is 0 Å². The molecular weight excluding hydrogens is 281 g/mol. The van der Waals surface area contributed by atoms with Crippen LogP contribution in [0.1, 0.15) is 24.9 Å². The Hall–Kier alpha value is -1.22. The Labute approximate surface area is 123 Å². The van der Waals surface area contributed by atoms with Crippen LogP contribution in [0.4, 0.5) is 0 Å². The van der Waals surface area contributed by atoms with E-state index in [4.69, 9.17) is 33.7 Å². The number of ether oxygens (including phenoxy) is 1. The summed E-state index contributed by atoms with van der Waals surface area (Å²) >= 11 is 11.8. The number of hydrogen-bond acceptors (Lipinski definition) is 2. The van der Waals surface area contributed by atoms with Crippen LogP contribution in [0.5, 0.6) is 11.5 Å². The predicted octanol–water partition coefficient (Wildman–Crippen LogP) is 5.20. The molecule has 0 aliphatic carbocycles. The van der Waals surface area contributed by atoms with E-state index in [1.165, 1.54) is 0 Å². The molecule has 0 aliphatic heterocycles. The summed E-state index contributed by atoms with van der Waals surface area (Å²) in [4.78, 5) is 0. The van der Waals surface area contributed by atoms with E-state index in [9.17, 15) is 0 Å². The highest BCUT2D eigenvalue weighted by Crippen LogP contribution is 2.29. The normalized spacial score (nSPS) is 12.2. The summed E-state index contributed by atoms with van der Waals surface area (Å²) in [6, 6.07) is 12.9. The molecule has 0 bridgehead atoms. The summed E-state index contributed by atoms with van der Waals surface area (Å²) < 4.78 is 5.70. The van der Waals surface area contributed by atoms with Crippen molar-refractivity contribution in [1.82, 2.24) is 0 Å². The highest BCUT2D eigenvalue weighted by molar-refractivity contribution is 6.34. The number of halogens is 2. The molecule has 0 fully saturated rings. The van der Waals surface area contributed by atoms with E-state index < -0.39 is 0 Å². The minimum absolute atomic E-state index is 0.0645. The maximum Gasteiger partial charge on any atom is 0.130 e. The number of benzene rings is 2. The van der Waals surface area contributed by atoms with Crippen LogP contribution < -0.4 is 10.5 Å². The molecule has 0 unspecified atom stereocenters. The van der Waals surface area contributed by atoms with Crippen LogP contribution in [0.2, 0.25) is 10.0 Å². The van der Waals surface area contributed by atoms with Gasteiger partial charge in [-0.05, 0) is 42.3 Å². The maximum absolute atomic E-state index is 5.96. The van der Waals surface area contributed by atoms with Crippen molar-refractivity contribution in [2.75, 3.05) is 0 Å². The van der Waals surface area contributed by atoms with E-state index in [-0.39, 0.29) is 6.04 Å². The first-order valence-electron chi connectivity index (χ1n) is 6.08. The van der Waals surface area contributed by atoms with Crippen molar-refractivity contribution in [2.45, 2.75) is 19.4 Å². The minimum Gasteiger partial charge on any atom is -0.457 e. The zero-order chi connectivity index (χ0) is 13.8. The number of nitrogens with two attached hydrogens (primary N) is 1. The average molecular weight is 296 g/mol. The Balaban J connectivity index is 2.15. The molecule has 1 atom stereocenters. The average Bonchev–Trinajstić information content (AvgIpc) is 2.37. The van der Waals surface area contributed by atoms with Crippen molar-refractivity contribution in [2.24, 2.45) is 5.73 Å². The molecule has 0 aromatic heterocycles. The molecule has 2 aromatic carbocycles. The molecule has 2 N–H and O–H groups in total. The zero-order valence-electron chi connectivity index (χ0n) is 10.6. The highest BCUT2D eigenvalue weighted by Gasteiger charge is 2.04. The minimum atomic E-state index is 0.0645. The molecule has 2 rings (SSSR count). The second-order valence-corrected chi connectivity index (χ2v) is 5.16. The second-order valence-electron chi connectivity index (χ2n) is 4.29. The van der Waals surface area contributed by atoms with Gasteiger partial charge in [-0.3, -0.25) is 0 Å². The molecule has 19 heavy (non-hydrogen) atoms. The van der Waals surface area contributed by atoms with Gasteiger partial charge in [0.15, 0.2) is 0 Å². The van der Waals surface area contributed by atoms with Gasteiger partial charge in [-0.25, -0.2) is 0 Å². The SMILES string of the molecule is CC[C@H](N)c1ccc(Oc2cc(Cl)cc(Cl)c2)cc1. The van der Waals surface area contributed by atoms with Crippen molar-refractivity contribution in [1.29, 1.82) is 0 Å². The zero-order valence-corrected chi connectivity index (χ0v) is 12.1. The van der Waals surface area contributed by atoms with Gasteiger partial charge in [-0.15, -0.1) is 0 Å². The Bertz CT molecular complexity index is 534. The second kappa shape index (κ2) is 6.29. The Morgan fingerprint density at radius 2 is 1.58 bits per heavy atom. The molecule has 0 radical (unpaired) electrons. The molecule has 2 nitrogen and oxygen atoms in total. The predicted molar refractivity (Wildman–Crippen MR) is 80.2 cm³/mol. The summed E-state index contributed by atoms with van der Waals surface area (Å²) in [5.41, 5.74) is 7.06. The summed E-state index contributed by atoms with van der Waals surface area (Å²) in [7, 11) is 0. The molecule has 0 saturated carbocycles. The molecular formula is C15H15Cl2NO. The molecule has 0 amide bonds. The lowest BCUT2D eigenvalue weighted by Crippen LogP contribution is -2.07. The van der Waals surface area contributed by atoms with Gasteiger partial charge in [-0.1, -0.05) is 42.3 Å². The molecule has 0 saturated heterocycles. The number of hydrogen-bond donors (Lipinski definition) is 1. The molecule has 4 heteroatoms. The molecule has 2 aromatic rings. The third-order valence-corrected chi connectivity index (χ3v) is 3.26. The van der Waals surface area contributed by atoms with E-state index in [2.05, 4.69) is 6.92 Å². The number of rotatable bonds is 4. The topological polar surface area (TPSA) is 35.2 Å². The molecule has 0 spiro atoms.